The number of likely N-dealkylation sites (tertiary alicyclic amines) is 1. The van der Waals surface area contributed by atoms with Crippen molar-refractivity contribution in [3.63, 3.8) is 0 Å². The number of ether oxygens (including phenoxy) is 1. The third kappa shape index (κ3) is 4.42. The molecule has 1 fully saturated rings. The molecule has 22 heavy (non-hydrogen) atoms. The van der Waals surface area contributed by atoms with Crippen LogP contribution in [0.25, 0.3) is 0 Å². The van der Waals surface area contributed by atoms with Gasteiger partial charge in [0.05, 0.1) is 17.5 Å². The Balaban J connectivity index is 1.81. The standard InChI is InChI=1S/C15H21N3O4/c1-15(2,3)22-14(19)10-17-8-11(9-17)16-12-6-4-5-7-13(12)18(20)21/h4-7,11,16H,8-10H2,1-3H3. The van der Waals surface area contributed by atoms with Crippen LogP contribution in [0.2, 0.25) is 0 Å². The van der Waals surface area contributed by atoms with Gasteiger partial charge < -0.3 is 10.1 Å². The molecule has 1 aliphatic heterocycles. The average molecular weight is 307 g/mol. The smallest absolute Gasteiger partial charge is 0.320 e. The largest absolute Gasteiger partial charge is 0.459 e. The molecular formula is C15H21N3O4. The van der Waals surface area contributed by atoms with Crippen LogP contribution < -0.4 is 5.32 Å². The summed E-state index contributed by atoms with van der Waals surface area (Å²) in [5.41, 5.74) is 0.0899. The van der Waals surface area contributed by atoms with Gasteiger partial charge in [-0.1, -0.05) is 12.1 Å². The van der Waals surface area contributed by atoms with Crippen LogP contribution in [0.15, 0.2) is 24.3 Å². The number of nitro groups is 1. The Labute approximate surface area is 129 Å². The molecule has 1 aliphatic rings. The Morgan fingerprint density at radius 2 is 2.05 bits per heavy atom. The van der Waals surface area contributed by atoms with E-state index in [4.69, 9.17) is 4.74 Å². The second-order valence-corrected chi connectivity index (χ2v) is 6.40. The molecule has 0 spiro atoms. The quantitative estimate of drug-likeness (QED) is 0.509. The molecule has 7 nitrogen and oxygen atoms in total. The molecule has 120 valence electrons. The molecule has 0 atom stereocenters. The lowest BCUT2D eigenvalue weighted by Crippen LogP contribution is -2.56. The van der Waals surface area contributed by atoms with E-state index in [1.807, 2.05) is 25.7 Å². The van der Waals surface area contributed by atoms with Gasteiger partial charge in [-0.15, -0.1) is 0 Å². The molecule has 2 rings (SSSR count). The Morgan fingerprint density at radius 1 is 1.41 bits per heavy atom. The van der Waals surface area contributed by atoms with Gasteiger partial charge in [-0.2, -0.15) is 0 Å². The van der Waals surface area contributed by atoms with E-state index >= 15 is 0 Å². The number of rotatable bonds is 5. The van der Waals surface area contributed by atoms with E-state index in [1.54, 1.807) is 18.2 Å². The minimum Gasteiger partial charge on any atom is -0.459 e. The van der Waals surface area contributed by atoms with E-state index in [-0.39, 0.29) is 24.2 Å². The Morgan fingerprint density at radius 3 is 2.64 bits per heavy atom. The predicted molar refractivity (Wildman–Crippen MR) is 82.8 cm³/mol. The summed E-state index contributed by atoms with van der Waals surface area (Å²) in [7, 11) is 0. The van der Waals surface area contributed by atoms with Gasteiger partial charge in [-0.3, -0.25) is 19.8 Å². The molecule has 0 saturated carbocycles. The fourth-order valence-corrected chi connectivity index (χ4v) is 2.32. The number of nitrogens with one attached hydrogen (secondary N) is 1. The number of esters is 1. The molecule has 7 heteroatoms. The van der Waals surface area contributed by atoms with Gasteiger partial charge in [0.15, 0.2) is 0 Å². The highest BCUT2D eigenvalue weighted by molar-refractivity contribution is 5.72. The van der Waals surface area contributed by atoms with Crippen molar-refractivity contribution in [2.75, 3.05) is 25.0 Å². The lowest BCUT2D eigenvalue weighted by Gasteiger charge is -2.39. The fourth-order valence-electron chi connectivity index (χ4n) is 2.32. The number of carbonyl (C=O) groups excluding carboxylic acids is 1. The Hall–Kier alpha value is -2.15. The number of anilines is 1. The van der Waals surface area contributed by atoms with E-state index in [1.165, 1.54) is 6.07 Å². The first-order valence-corrected chi connectivity index (χ1v) is 7.19. The molecule has 0 radical (unpaired) electrons. The summed E-state index contributed by atoms with van der Waals surface area (Å²) in [4.78, 5) is 24.2. The number of benzene rings is 1. The van der Waals surface area contributed by atoms with Gasteiger partial charge in [0, 0.05) is 19.2 Å². The highest BCUT2D eigenvalue weighted by Gasteiger charge is 2.30. The number of carbonyl (C=O) groups is 1. The molecule has 0 amide bonds. The van der Waals surface area contributed by atoms with Gasteiger partial charge in [0.2, 0.25) is 0 Å². The number of nitrogens with zero attached hydrogens (tertiary/aromatic N) is 2. The molecule has 1 aromatic carbocycles. The van der Waals surface area contributed by atoms with Gasteiger partial charge in [0.25, 0.3) is 5.69 Å². The summed E-state index contributed by atoms with van der Waals surface area (Å²) in [6.07, 6.45) is 0. The first-order chi connectivity index (χ1) is 10.2. The second kappa shape index (κ2) is 6.31. The lowest BCUT2D eigenvalue weighted by atomic mass is 10.1. The molecular weight excluding hydrogens is 286 g/mol. The summed E-state index contributed by atoms with van der Waals surface area (Å²) in [5.74, 6) is -0.253. The zero-order chi connectivity index (χ0) is 16.3. The summed E-state index contributed by atoms with van der Waals surface area (Å²) in [6.45, 7) is 7.06. The van der Waals surface area contributed by atoms with Crippen LogP contribution in [0.3, 0.4) is 0 Å². The van der Waals surface area contributed by atoms with Crippen LogP contribution in [0.4, 0.5) is 11.4 Å². The van der Waals surface area contributed by atoms with E-state index in [9.17, 15) is 14.9 Å². The minimum absolute atomic E-state index is 0.0630. The van der Waals surface area contributed by atoms with Crippen LogP contribution in [0, 0.1) is 10.1 Å². The maximum absolute atomic E-state index is 11.7. The Kier molecular flexibility index (Phi) is 4.65. The zero-order valence-electron chi connectivity index (χ0n) is 13.0. The van der Waals surface area contributed by atoms with Gasteiger partial charge in [-0.25, -0.2) is 0 Å². The number of hydrogen-bond acceptors (Lipinski definition) is 6. The highest BCUT2D eigenvalue weighted by Crippen LogP contribution is 2.25. The molecule has 0 aliphatic carbocycles. The summed E-state index contributed by atoms with van der Waals surface area (Å²) >= 11 is 0. The molecule has 1 saturated heterocycles. The van der Waals surface area contributed by atoms with Crippen LogP contribution in [-0.4, -0.2) is 47.1 Å². The Bertz CT molecular complexity index is 562. The van der Waals surface area contributed by atoms with Gasteiger partial charge in [0.1, 0.15) is 11.3 Å². The monoisotopic (exact) mass is 307 g/mol. The van der Waals surface area contributed by atoms with Crippen LogP contribution in [0.1, 0.15) is 20.8 Å². The lowest BCUT2D eigenvalue weighted by molar-refractivity contribution is -0.384. The van der Waals surface area contributed by atoms with Crippen molar-refractivity contribution in [2.45, 2.75) is 32.4 Å². The number of nitro benzene ring substituents is 1. The van der Waals surface area contributed by atoms with E-state index in [0.29, 0.717) is 18.8 Å². The van der Waals surface area contributed by atoms with Crippen molar-refractivity contribution in [1.29, 1.82) is 0 Å². The second-order valence-electron chi connectivity index (χ2n) is 6.40. The van der Waals surface area contributed by atoms with Crippen LogP contribution in [0.5, 0.6) is 0 Å². The van der Waals surface area contributed by atoms with Crippen molar-refractivity contribution >= 4 is 17.3 Å². The summed E-state index contributed by atoms with van der Waals surface area (Å²) < 4.78 is 5.26. The van der Waals surface area contributed by atoms with E-state index in [0.717, 1.165) is 0 Å². The molecule has 0 unspecified atom stereocenters. The predicted octanol–water partition coefficient (Wildman–Crippen LogP) is 2.03. The minimum atomic E-state index is -0.482. The summed E-state index contributed by atoms with van der Waals surface area (Å²) in [5, 5.41) is 14.1. The van der Waals surface area contributed by atoms with Crippen LogP contribution in [-0.2, 0) is 9.53 Å². The molecule has 1 heterocycles. The van der Waals surface area contributed by atoms with Crippen molar-refractivity contribution in [2.24, 2.45) is 0 Å². The van der Waals surface area contributed by atoms with E-state index < -0.39 is 10.5 Å². The normalized spacial score (nSPS) is 16.0. The van der Waals surface area contributed by atoms with Crippen molar-refractivity contribution < 1.29 is 14.5 Å². The molecule has 1 aromatic rings. The average Bonchev–Trinajstić information content (AvgIpc) is 2.34. The first-order valence-electron chi connectivity index (χ1n) is 7.19. The topological polar surface area (TPSA) is 84.7 Å². The van der Waals surface area contributed by atoms with E-state index in [2.05, 4.69) is 5.32 Å². The fraction of sp³-hybridized carbons (Fsp3) is 0.533. The van der Waals surface area contributed by atoms with Gasteiger partial charge in [-0.05, 0) is 26.8 Å². The zero-order valence-corrected chi connectivity index (χ0v) is 13.0. The number of para-hydroxylation sites is 2. The first kappa shape index (κ1) is 16.2. The SMILES string of the molecule is CC(C)(C)OC(=O)CN1CC(Nc2ccccc2[N+](=O)[O-])C1. The van der Waals surface area contributed by atoms with Crippen molar-refractivity contribution in [1.82, 2.24) is 4.90 Å². The maximum atomic E-state index is 11.7. The molecule has 0 aromatic heterocycles. The van der Waals surface area contributed by atoms with Crippen molar-refractivity contribution in [3.8, 4) is 0 Å². The van der Waals surface area contributed by atoms with Crippen LogP contribution >= 0.6 is 0 Å². The maximum Gasteiger partial charge on any atom is 0.320 e. The van der Waals surface area contributed by atoms with Gasteiger partial charge >= 0.3 is 5.97 Å². The molecule has 1 N–H and O–H groups in total. The third-order valence-electron chi connectivity index (χ3n) is 3.19. The summed E-state index contributed by atoms with van der Waals surface area (Å²) in [6, 6.07) is 6.66. The third-order valence-corrected chi connectivity index (χ3v) is 3.19. The highest BCUT2D eigenvalue weighted by atomic mass is 16.6. The van der Waals surface area contributed by atoms with Crippen molar-refractivity contribution in [3.05, 3.63) is 34.4 Å². The number of hydrogen-bond donors (Lipinski definition) is 1. The molecule has 0 bridgehead atoms.